The Bertz CT molecular complexity index is 451. The highest BCUT2D eigenvalue weighted by Gasteiger charge is 2.40. The van der Waals surface area contributed by atoms with Crippen molar-refractivity contribution in [2.24, 2.45) is 5.92 Å². The number of carbonyl (C=O) groups excluding carboxylic acids is 2. The van der Waals surface area contributed by atoms with Crippen molar-refractivity contribution in [1.82, 2.24) is 4.72 Å². The Labute approximate surface area is 148 Å². The Hall–Kier alpha value is -0.950. The molecule has 0 rings (SSSR count). The molecule has 0 amide bonds. The van der Waals surface area contributed by atoms with E-state index in [1.54, 1.807) is 27.7 Å². The van der Waals surface area contributed by atoms with E-state index >= 15 is 0 Å². The van der Waals surface area contributed by atoms with Gasteiger partial charge in [0.05, 0.1) is 22.3 Å². The van der Waals surface area contributed by atoms with E-state index in [1.165, 1.54) is 0 Å². The van der Waals surface area contributed by atoms with Crippen molar-refractivity contribution < 1.29 is 23.3 Å². The third-order valence-electron chi connectivity index (χ3n) is 3.02. The molecule has 0 bridgehead atoms. The molecule has 0 radical (unpaired) electrons. The number of esters is 2. The molecule has 7 heteroatoms. The largest absolute Gasteiger partial charge is 0.465 e. The molecule has 0 aliphatic rings. The normalized spacial score (nSPS) is 16.2. The van der Waals surface area contributed by atoms with Gasteiger partial charge in [-0.3, -0.25) is 9.59 Å². The van der Waals surface area contributed by atoms with Gasteiger partial charge in [0.2, 0.25) is 0 Å². The van der Waals surface area contributed by atoms with Gasteiger partial charge >= 0.3 is 11.9 Å². The van der Waals surface area contributed by atoms with Crippen molar-refractivity contribution in [2.75, 3.05) is 6.61 Å². The third kappa shape index (κ3) is 8.24. The maximum absolute atomic E-state index is 12.6. The summed E-state index contributed by atoms with van der Waals surface area (Å²) in [6.45, 7) is 14.5. The van der Waals surface area contributed by atoms with Crippen LogP contribution in [-0.2, 0) is 30.0 Å². The second-order valence-electron chi connectivity index (χ2n) is 7.66. The molecule has 6 nitrogen and oxygen atoms in total. The zero-order valence-electron chi connectivity index (χ0n) is 16.2. The third-order valence-corrected chi connectivity index (χ3v) is 4.65. The molecular formula is C17H33NO5S. The van der Waals surface area contributed by atoms with Crippen LogP contribution in [-0.4, -0.2) is 39.1 Å². The predicted octanol–water partition coefficient (Wildman–Crippen LogP) is 2.73. The van der Waals surface area contributed by atoms with Gasteiger partial charge in [0.25, 0.3) is 0 Å². The number of carbonyl (C=O) groups is 2. The number of nitrogens with one attached hydrogen (secondary N) is 1. The molecule has 0 aromatic carbocycles. The highest BCUT2D eigenvalue weighted by Crippen LogP contribution is 2.21. The van der Waals surface area contributed by atoms with E-state index in [0.29, 0.717) is 6.42 Å². The van der Waals surface area contributed by atoms with E-state index in [-0.39, 0.29) is 6.61 Å². The molecule has 142 valence electrons. The van der Waals surface area contributed by atoms with Gasteiger partial charge in [0.1, 0.15) is 5.60 Å². The lowest BCUT2D eigenvalue weighted by molar-refractivity contribution is -0.170. The first-order chi connectivity index (χ1) is 10.8. The smallest absolute Gasteiger partial charge is 0.322 e. The monoisotopic (exact) mass is 363 g/mol. The predicted molar refractivity (Wildman–Crippen MR) is 95.7 cm³/mol. The van der Waals surface area contributed by atoms with Crippen LogP contribution in [0.4, 0.5) is 0 Å². The van der Waals surface area contributed by atoms with Gasteiger partial charge in [-0.05, 0) is 54.9 Å². The zero-order valence-corrected chi connectivity index (χ0v) is 17.0. The number of hydrogen-bond donors (Lipinski definition) is 1. The molecule has 0 fully saturated rings. The summed E-state index contributed by atoms with van der Waals surface area (Å²) in [7, 11) is -1.42. The summed E-state index contributed by atoms with van der Waals surface area (Å²) < 4.78 is 25.3. The lowest BCUT2D eigenvalue weighted by Crippen LogP contribution is -2.50. The first-order valence-electron chi connectivity index (χ1n) is 8.41. The lowest BCUT2D eigenvalue weighted by Gasteiger charge is -2.30. The average Bonchev–Trinajstić information content (AvgIpc) is 2.35. The van der Waals surface area contributed by atoms with Crippen LogP contribution in [0.1, 0.15) is 68.2 Å². The average molecular weight is 364 g/mol. The summed E-state index contributed by atoms with van der Waals surface area (Å²) in [5.74, 6) is -2.45. The zero-order chi connectivity index (χ0) is 19.1. The number of hydrogen-bond acceptors (Lipinski definition) is 5. The van der Waals surface area contributed by atoms with Gasteiger partial charge in [-0.15, -0.1) is 0 Å². The fourth-order valence-electron chi connectivity index (χ4n) is 1.94. The highest BCUT2D eigenvalue weighted by atomic mass is 32.2. The molecule has 0 aromatic rings. The Morgan fingerprint density at radius 2 is 1.58 bits per heavy atom. The van der Waals surface area contributed by atoms with E-state index < -0.39 is 45.2 Å². The van der Waals surface area contributed by atoms with Crippen LogP contribution in [0, 0.1) is 5.92 Å². The van der Waals surface area contributed by atoms with Crippen molar-refractivity contribution in [3.63, 3.8) is 0 Å². The van der Waals surface area contributed by atoms with Crippen molar-refractivity contribution in [2.45, 2.75) is 84.6 Å². The molecule has 24 heavy (non-hydrogen) atoms. The van der Waals surface area contributed by atoms with Crippen molar-refractivity contribution in [1.29, 1.82) is 0 Å². The molecule has 0 aliphatic heterocycles. The Balaban J connectivity index is 5.54. The van der Waals surface area contributed by atoms with Gasteiger partial charge in [-0.2, -0.15) is 0 Å². The van der Waals surface area contributed by atoms with Gasteiger partial charge in [0, 0.05) is 6.04 Å². The van der Waals surface area contributed by atoms with Crippen LogP contribution >= 0.6 is 0 Å². The molecule has 0 saturated heterocycles. The lowest BCUT2D eigenvalue weighted by atomic mass is 9.96. The Morgan fingerprint density at radius 1 is 1.04 bits per heavy atom. The molecule has 0 heterocycles. The Morgan fingerprint density at radius 3 is 1.96 bits per heavy atom. The standard InChI is InChI=1S/C17H33NO5S/c1-9-11-12(18-24(21)17(6,7)8)13(14(19)22-10-2)15(20)23-16(3,4)5/h12-13,18H,9-11H2,1-8H3/t12-,13+,24+/m1/s1. The molecule has 0 aromatic heterocycles. The maximum Gasteiger partial charge on any atom is 0.322 e. The van der Waals surface area contributed by atoms with Crippen molar-refractivity contribution in [3.8, 4) is 0 Å². The highest BCUT2D eigenvalue weighted by molar-refractivity contribution is 7.84. The van der Waals surface area contributed by atoms with Crippen molar-refractivity contribution in [3.05, 3.63) is 0 Å². The minimum absolute atomic E-state index is 0.166. The van der Waals surface area contributed by atoms with E-state index in [1.807, 2.05) is 27.7 Å². The summed E-state index contributed by atoms with van der Waals surface area (Å²) >= 11 is 0. The SMILES string of the molecule is CCC[C@@H](N[S@@](=O)C(C)(C)C)[C@@H](C(=O)OCC)C(=O)OC(C)(C)C. The van der Waals surface area contributed by atoms with E-state index in [4.69, 9.17) is 9.47 Å². The summed E-state index contributed by atoms with van der Waals surface area (Å²) in [5, 5.41) is 0. The topological polar surface area (TPSA) is 81.7 Å². The van der Waals surface area contributed by atoms with Crippen LogP contribution in [0.5, 0.6) is 0 Å². The minimum atomic E-state index is -1.42. The Kier molecular flexibility index (Phi) is 9.14. The summed E-state index contributed by atoms with van der Waals surface area (Å²) in [4.78, 5) is 24.9. The van der Waals surface area contributed by atoms with Gasteiger partial charge < -0.3 is 9.47 Å². The molecule has 0 unspecified atom stereocenters. The van der Waals surface area contributed by atoms with Crippen molar-refractivity contribution >= 4 is 22.9 Å². The molecule has 3 atom stereocenters. The summed E-state index contributed by atoms with van der Waals surface area (Å²) in [5.41, 5.74) is -0.720. The van der Waals surface area contributed by atoms with Crippen LogP contribution in [0.15, 0.2) is 0 Å². The van der Waals surface area contributed by atoms with Crippen LogP contribution in [0.3, 0.4) is 0 Å². The van der Waals surface area contributed by atoms with Crippen LogP contribution in [0.25, 0.3) is 0 Å². The second kappa shape index (κ2) is 9.51. The molecule has 0 spiro atoms. The van der Waals surface area contributed by atoms with Gasteiger partial charge in [-0.1, -0.05) is 13.3 Å². The van der Waals surface area contributed by atoms with Gasteiger partial charge in [0.15, 0.2) is 5.92 Å². The summed E-state index contributed by atoms with van der Waals surface area (Å²) in [6.07, 6.45) is 1.22. The molecule has 0 saturated carbocycles. The van der Waals surface area contributed by atoms with Crippen LogP contribution in [0.2, 0.25) is 0 Å². The number of ether oxygens (including phenoxy) is 2. The minimum Gasteiger partial charge on any atom is -0.465 e. The van der Waals surface area contributed by atoms with E-state index in [2.05, 4.69) is 4.72 Å². The molecule has 0 aliphatic carbocycles. The second-order valence-corrected chi connectivity index (χ2v) is 9.66. The molecule has 1 N–H and O–H groups in total. The van der Waals surface area contributed by atoms with Gasteiger partial charge in [-0.25, -0.2) is 8.93 Å². The fraction of sp³-hybridized carbons (Fsp3) is 0.882. The maximum atomic E-state index is 12.6. The summed E-state index contributed by atoms with van der Waals surface area (Å²) in [6, 6.07) is -0.607. The number of rotatable bonds is 8. The van der Waals surface area contributed by atoms with Crippen LogP contribution < -0.4 is 4.72 Å². The molecular weight excluding hydrogens is 330 g/mol. The van der Waals surface area contributed by atoms with E-state index in [0.717, 1.165) is 6.42 Å². The van der Waals surface area contributed by atoms with E-state index in [9.17, 15) is 13.8 Å². The first kappa shape index (κ1) is 23.1. The first-order valence-corrected chi connectivity index (χ1v) is 9.56. The fourth-order valence-corrected chi connectivity index (χ4v) is 2.82. The quantitative estimate of drug-likeness (QED) is 0.530.